The van der Waals surface area contributed by atoms with Gasteiger partial charge in [-0.2, -0.15) is 0 Å². The van der Waals surface area contributed by atoms with Gasteiger partial charge in [-0.05, 0) is 18.6 Å². The van der Waals surface area contributed by atoms with Gasteiger partial charge in [0.2, 0.25) is 0 Å². The molecule has 0 unspecified atom stereocenters. The third-order valence-corrected chi connectivity index (χ3v) is 2.70. The standard InChI is InChI=1S/C9H10BrCl2NO/c10-6-4-7(11)9(8(12)5-6)13-2-1-3-14/h4-5,13-14H,1-3H2. The van der Waals surface area contributed by atoms with Crippen molar-refractivity contribution in [1.29, 1.82) is 0 Å². The van der Waals surface area contributed by atoms with Crippen LogP contribution in [0.25, 0.3) is 0 Å². The first-order valence-corrected chi connectivity index (χ1v) is 5.69. The lowest BCUT2D eigenvalue weighted by Gasteiger charge is -2.09. The molecule has 0 aliphatic carbocycles. The molecule has 5 heteroatoms. The fourth-order valence-corrected chi connectivity index (χ4v) is 2.35. The van der Waals surface area contributed by atoms with Crippen LogP contribution in [0.1, 0.15) is 6.42 Å². The van der Waals surface area contributed by atoms with Gasteiger partial charge in [0, 0.05) is 17.6 Å². The lowest BCUT2D eigenvalue weighted by atomic mass is 10.3. The highest BCUT2D eigenvalue weighted by atomic mass is 79.9. The zero-order valence-corrected chi connectivity index (χ0v) is 10.5. The quantitative estimate of drug-likeness (QED) is 0.833. The molecule has 0 saturated carbocycles. The van der Waals surface area contributed by atoms with Crippen LogP contribution in [0.3, 0.4) is 0 Å². The van der Waals surface area contributed by atoms with Crippen LogP contribution in [0.2, 0.25) is 10.0 Å². The van der Waals surface area contributed by atoms with Gasteiger partial charge in [0.25, 0.3) is 0 Å². The average Bonchev–Trinajstić information content (AvgIpc) is 2.09. The number of hydrogen-bond acceptors (Lipinski definition) is 2. The highest BCUT2D eigenvalue weighted by Gasteiger charge is 2.06. The minimum Gasteiger partial charge on any atom is -0.396 e. The zero-order chi connectivity index (χ0) is 10.6. The van der Waals surface area contributed by atoms with Crippen molar-refractivity contribution in [3.05, 3.63) is 26.7 Å². The molecule has 1 aromatic carbocycles. The van der Waals surface area contributed by atoms with Crippen LogP contribution < -0.4 is 5.32 Å². The summed E-state index contributed by atoms with van der Waals surface area (Å²) in [6.07, 6.45) is 0.669. The molecule has 1 aromatic rings. The predicted octanol–water partition coefficient (Wildman–Crippen LogP) is 3.55. The van der Waals surface area contributed by atoms with Crippen LogP contribution in [0.15, 0.2) is 16.6 Å². The van der Waals surface area contributed by atoms with Gasteiger partial charge in [-0.1, -0.05) is 39.1 Å². The molecule has 0 saturated heterocycles. The molecule has 2 N–H and O–H groups in total. The number of nitrogens with one attached hydrogen (secondary N) is 1. The second kappa shape index (κ2) is 5.81. The molecule has 0 spiro atoms. The summed E-state index contributed by atoms with van der Waals surface area (Å²) in [5, 5.41) is 12.8. The van der Waals surface area contributed by atoms with E-state index in [2.05, 4.69) is 21.2 Å². The number of anilines is 1. The van der Waals surface area contributed by atoms with E-state index in [1.807, 2.05) is 0 Å². The van der Waals surface area contributed by atoms with Gasteiger partial charge in [0.15, 0.2) is 0 Å². The highest BCUT2D eigenvalue weighted by Crippen LogP contribution is 2.33. The lowest BCUT2D eigenvalue weighted by Crippen LogP contribution is -2.04. The molecule has 1 rings (SSSR count). The first kappa shape index (κ1) is 12.1. The second-order valence-electron chi connectivity index (χ2n) is 2.75. The van der Waals surface area contributed by atoms with E-state index in [4.69, 9.17) is 28.3 Å². The molecule has 0 atom stereocenters. The molecule has 78 valence electrons. The van der Waals surface area contributed by atoms with E-state index in [1.54, 1.807) is 12.1 Å². The van der Waals surface area contributed by atoms with Gasteiger partial charge in [-0.3, -0.25) is 0 Å². The van der Waals surface area contributed by atoms with E-state index >= 15 is 0 Å². The topological polar surface area (TPSA) is 32.3 Å². The molecule has 0 bridgehead atoms. The minimum absolute atomic E-state index is 0.152. The summed E-state index contributed by atoms with van der Waals surface area (Å²) in [6, 6.07) is 3.55. The van der Waals surface area contributed by atoms with Crippen LogP contribution in [-0.2, 0) is 0 Å². The van der Waals surface area contributed by atoms with Crippen molar-refractivity contribution < 1.29 is 5.11 Å². The Morgan fingerprint density at radius 2 is 1.86 bits per heavy atom. The molecule has 0 aliphatic heterocycles. The number of halogens is 3. The van der Waals surface area contributed by atoms with Crippen LogP contribution in [-0.4, -0.2) is 18.3 Å². The van der Waals surface area contributed by atoms with E-state index in [-0.39, 0.29) is 6.61 Å². The molecule has 0 amide bonds. The maximum Gasteiger partial charge on any atom is 0.0719 e. The lowest BCUT2D eigenvalue weighted by molar-refractivity contribution is 0.292. The van der Waals surface area contributed by atoms with E-state index in [0.717, 1.165) is 4.47 Å². The van der Waals surface area contributed by atoms with Gasteiger partial charge < -0.3 is 10.4 Å². The van der Waals surface area contributed by atoms with E-state index in [1.165, 1.54) is 0 Å². The highest BCUT2D eigenvalue weighted by molar-refractivity contribution is 9.10. The second-order valence-corrected chi connectivity index (χ2v) is 4.48. The number of rotatable bonds is 4. The molecular weight excluding hydrogens is 289 g/mol. The van der Waals surface area contributed by atoms with E-state index < -0.39 is 0 Å². The zero-order valence-electron chi connectivity index (χ0n) is 7.36. The first-order valence-electron chi connectivity index (χ1n) is 4.14. The summed E-state index contributed by atoms with van der Waals surface area (Å²) >= 11 is 15.2. The molecule has 0 aliphatic rings. The maximum absolute atomic E-state index is 8.61. The molecule has 14 heavy (non-hydrogen) atoms. The fraction of sp³-hybridized carbons (Fsp3) is 0.333. The van der Waals surface area contributed by atoms with E-state index in [0.29, 0.717) is 28.7 Å². The summed E-state index contributed by atoms with van der Waals surface area (Å²) < 4.78 is 0.847. The summed E-state index contributed by atoms with van der Waals surface area (Å²) in [5.41, 5.74) is 0.713. The number of aliphatic hydroxyl groups is 1. The molecule has 0 radical (unpaired) electrons. The molecule has 0 aromatic heterocycles. The molecular formula is C9H10BrCl2NO. The van der Waals surface area contributed by atoms with Crippen molar-refractivity contribution in [3.63, 3.8) is 0 Å². The van der Waals surface area contributed by atoms with Crippen LogP contribution in [0.4, 0.5) is 5.69 Å². The Bertz CT molecular complexity index is 297. The number of hydrogen-bond donors (Lipinski definition) is 2. The van der Waals surface area contributed by atoms with E-state index in [9.17, 15) is 0 Å². The van der Waals surface area contributed by atoms with Crippen LogP contribution in [0, 0.1) is 0 Å². The Hall–Kier alpha value is 0.0400. The van der Waals surface area contributed by atoms with Crippen molar-refractivity contribution in [2.45, 2.75) is 6.42 Å². The van der Waals surface area contributed by atoms with Gasteiger partial charge in [0.1, 0.15) is 0 Å². The number of benzene rings is 1. The van der Waals surface area contributed by atoms with Crippen molar-refractivity contribution in [2.24, 2.45) is 0 Å². The Kier molecular flexibility index (Phi) is 5.02. The molecule has 0 fully saturated rings. The van der Waals surface area contributed by atoms with Gasteiger partial charge in [-0.15, -0.1) is 0 Å². The molecule has 0 heterocycles. The van der Waals surface area contributed by atoms with Gasteiger partial charge in [-0.25, -0.2) is 0 Å². The van der Waals surface area contributed by atoms with Crippen LogP contribution in [0.5, 0.6) is 0 Å². The van der Waals surface area contributed by atoms with Crippen molar-refractivity contribution in [1.82, 2.24) is 0 Å². The Labute approximate surface area is 101 Å². The van der Waals surface area contributed by atoms with Crippen molar-refractivity contribution in [3.8, 4) is 0 Å². The fourth-order valence-electron chi connectivity index (χ4n) is 1.00. The summed E-state index contributed by atoms with van der Waals surface area (Å²) in [6.45, 7) is 0.802. The average molecular weight is 299 g/mol. The first-order chi connectivity index (χ1) is 6.65. The third-order valence-electron chi connectivity index (χ3n) is 1.64. The Balaban J connectivity index is 2.75. The third kappa shape index (κ3) is 3.31. The Morgan fingerprint density at radius 3 is 2.36 bits per heavy atom. The minimum atomic E-state index is 0.152. The van der Waals surface area contributed by atoms with Gasteiger partial charge >= 0.3 is 0 Å². The molecule has 2 nitrogen and oxygen atoms in total. The summed E-state index contributed by atoms with van der Waals surface area (Å²) in [7, 11) is 0. The largest absolute Gasteiger partial charge is 0.396 e. The normalized spacial score (nSPS) is 10.3. The summed E-state index contributed by atoms with van der Waals surface area (Å²) in [5.74, 6) is 0. The van der Waals surface area contributed by atoms with Crippen molar-refractivity contribution >= 4 is 44.8 Å². The predicted molar refractivity (Wildman–Crippen MR) is 64.4 cm³/mol. The number of aliphatic hydroxyl groups excluding tert-OH is 1. The Morgan fingerprint density at radius 1 is 1.29 bits per heavy atom. The van der Waals surface area contributed by atoms with Gasteiger partial charge in [0.05, 0.1) is 15.7 Å². The maximum atomic E-state index is 8.61. The smallest absolute Gasteiger partial charge is 0.0719 e. The monoisotopic (exact) mass is 297 g/mol. The van der Waals surface area contributed by atoms with Crippen molar-refractivity contribution in [2.75, 3.05) is 18.5 Å². The van der Waals surface area contributed by atoms with Crippen LogP contribution >= 0.6 is 39.1 Å². The SMILES string of the molecule is OCCCNc1c(Cl)cc(Br)cc1Cl. The summed E-state index contributed by atoms with van der Waals surface area (Å²) in [4.78, 5) is 0.